The number of anilines is 1. The molecule has 0 aliphatic rings. The second-order valence-electron chi connectivity index (χ2n) is 6.39. The van der Waals surface area contributed by atoms with Gasteiger partial charge in [-0.1, -0.05) is 18.2 Å². The van der Waals surface area contributed by atoms with Gasteiger partial charge >= 0.3 is 0 Å². The third-order valence-corrected chi connectivity index (χ3v) is 4.30. The maximum atomic E-state index is 12.5. The van der Waals surface area contributed by atoms with Crippen LogP contribution in [0.3, 0.4) is 0 Å². The number of amides is 1. The average molecular weight is 418 g/mol. The third-order valence-electron chi connectivity index (χ3n) is 4.30. The van der Waals surface area contributed by atoms with E-state index in [1.54, 1.807) is 25.1 Å². The van der Waals surface area contributed by atoms with Crippen LogP contribution in [0, 0.1) is 38.5 Å². The molecule has 0 aliphatic carbocycles. The molecular weight excluding hydrogens is 404 g/mol. The lowest BCUT2D eigenvalue weighted by Gasteiger charge is -2.07. The first-order chi connectivity index (χ1) is 14.8. The largest absolute Gasteiger partial charge is 0.457 e. The smallest absolute Gasteiger partial charge is 0.271 e. The van der Waals surface area contributed by atoms with Crippen LogP contribution < -0.4 is 5.32 Å². The molecule has 0 aliphatic heterocycles. The van der Waals surface area contributed by atoms with E-state index in [0.717, 1.165) is 0 Å². The van der Waals surface area contributed by atoms with Crippen molar-refractivity contribution in [1.29, 1.82) is 5.26 Å². The molecular formula is C21H14N4O6. The maximum absolute atomic E-state index is 12.5. The van der Waals surface area contributed by atoms with Gasteiger partial charge < -0.3 is 9.73 Å². The Balaban J connectivity index is 1.84. The maximum Gasteiger partial charge on any atom is 0.271 e. The monoisotopic (exact) mass is 418 g/mol. The Hall–Kier alpha value is -4.78. The van der Waals surface area contributed by atoms with E-state index >= 15 is 0 Å². The van der Waals surface area contributed by atoms with Crippen LogP contribution in [0.15, 0.2) is 64.6 Å². The van der Waals surface area contributed by atoms with E-state index in [1.165, 1.54) is 48.5 Å². The highest BCUT2D eigenvalue weighted by molar-refractivity contribution is 6.09. The van der Waals surface area contributed by atoms with Crippen molar-refractivity contribution in [1.82, 2.24) is 0 Å². The van der Waals surface area contributed by atoms with Crippen LogP contribution in [-0.4, -0.2) is 15.8 Å². The zero-order valence-electron chi connectivity index (χ0n) is 16.1. The zero-order valence-corrected chi connectivity index (χ0v) is 16.1. The number of rotatable bonds is 6. The first-order valence-corrected chi connectivity index (χ1v) is 8.81. The van der Waals surface area contributed by atoms with Gasteiger partial charge in [0.15, 0.2) is 0 Å². The molecule has 1 N–H and O–H groups in total. The minimum absolute atomic E-state index is 0.101. The minimum Gasteiger partial charge on any atom is -0.457 e. The molecule has 0 spiro atoms. The van der Waals surface area contributed by atoms with Gasteiger partial charge in [0.05, 0.1) is 15.5 Å². The number of nitriles is 1. The molecule has 0 saturated heterocycles. The molecule has 0 bridgehead atoms. The summed E-state index contributed by atoms with van der Waals surface area (Å²) in [7, 11) is 0. The molecule has 1 aromatic heterocycles. The lowest BCUT2D eigenvalue weighted by molar-refractivity contribution is -0.385. The Bertz CT molecular complexity index is 1270. The van der Waals surface area contributed by atoms with E-state index in [1.807, 2.05) is 0 Å². The number of furan rings is 1. The summed E-state index contributed by atoms with van der Waals surface area (Å²) >= 11 is 0. The van der Waals surface area contributed by atoms with E-state index in [0.29, 0.717) is 16.9 Å². The number of carbonyl (C=O) groups is 1. The highest BCUT2D eigenvalue weighted by Gasteiger charge is 2.15. The fourth-order valence-electron chi connectivity index (χ4n) is 2.70. The Kier molecular flexibility index (Phi) is 5.88. The van der Waals surface area contributed by atoms with E-state index < -0.39 is 15.8 Å². The number of benzene rings is 2. The number of hydrogen-bond donors (Lipinski definition) is 1. The first-order valence-electron chi connectivity index (χ1n) is 8.81. The van der Waals surface area contributed by atoms with Crippen molar-refractivity contribution in [3.8, 4) is 17.4 Å². The second kappa shape index (κ2) is 8.71. The van der Waals surface area contributed by atoms with Crippen molar-refractivity contribution in [2.24, 2.45) is 0 Å². The summed E-state index contributed by atoms with van der Waals surface area (Å²) in [6, 6.07) is 14.7. The van der Waals surface area contributed by atoms with Gasteiger partial charge in [-0.25, -0.2) is 0 Å². The van der Waals surface area contributed by atoms with Crippen molar-refractivity contribution in [3.05, 3.63) is 91.7 Å². The first kappa shape index (κ1) is 20.9. The molecule has 0 radical (unpaired) electrons. The van der Waals surface area contributed by atoms with Gasteiger partial charge in [-0.05, 0) is 24.6 Å². The molecule has 1 amide bonds. The van der Waals surface area contributed by atoms with Crippen molar-refractivity contribution in [2.75, 3.05) is 5.32 Å². The number of hydrogen-bond acceptors (Lipinski definition) is 7. The van der Waals surface area contributed by atoms with Gasteiger partial charge in [-0.15, -0.1) is 0 Å². The molecule has 31 heavy (non-hydrogen) atoms. The molecule has 154 valence electrons. The highest BCUT2D eigenvalue weighted by atomic mass is 16.6. The number of nitrogens with zero attached hydrogens (tertiary/aromatic N) is 3. The minimum atomic E-state index is -0.764. The summed E-state index contributed by atoms with van der Waals surface area (Å²) in [4.78, 5) is 33.2. The molecule has 3 aromatic rings. The molecule has 0 atom stereocenters. The number of nitrogens with one attached hydrogen (secondary N) is 1. The Morgan fingerprint density at radius 2 is 1.77 bits per heavy atom. The molecule has 3 rings (SSSR count). The summed E-state index contributed by atoms with van der Waals surface area (Å²) in [5.41, 5.74) is 0.667. The van der Waals surface area contributed by atoms with Crippen molar-refractivity contribution < 1.29 is 19.1 Å². The fourth-order valence-corrected chi connectivity index (χ4v) is 2.70. The van der Waals surface area contributed by atoms with Gasteiger partial charge in [0.25, 0.3) is 17.3 Å². The van der Waals surface area contributed by atoms with Crippen molar-refractivity contribution >= 4 is 29.0 Å². The topological polar surface area (TPSA) is 152 Å². The van der Waals surface area contributed by atoms with Gasteiger partial charge in [-0.3, -0.25) is 25.0 Å². The second-order valence-corrected chi connectivity index (χ2v) is 6.39. The third kappa shape index (κ3) is 4.80. The van der Waals surface area contributed by atoms with Crippen LogP contribution >= 0.6 is 0 Å². The summed E-state index contributed by atoms with van der Waals surface area (Å²) in [5.74, 6) is -0.259. The van der Waals surface area contributed by atoms with Crippen LogP contribution in [0.4, 0.5) is 17.1 Å². The van der Waals surface area contributed by atoms with Gasteiger partial charge in [-0.2, -0.15) is 5.26 Å². The fraction of sp³-hybridized carbons (Fsp3) is 0.0476. The predicted molar refractivity (Wildman–Crippen MR) is 111 cm³/mol. The van der Waals surface area contributed by atoms with Gasteiger partial charge in [0.2, 0.25) is 0 Å². The standard InChI is InChI=1S/C21H14N4O6/c1-13-5-6-17(25(29)30)11-19(13)23-21(26)15(12-22)10-18-7-8-20(31-18)14-3-2-4-16(9-14)24(27)28/h2-11H,1H3,(H,23,26)/b15-10+. The van der Waals surface area contributed by atoms with Crippen LogP contribution in [0.2, 0.25) is 0 Å². The van der Waals surface area contributed by atoms with Gasteiger partial charge in [0, 0.05) is 35.9 Å². The van der Waals surface area contributed by atoms with Crippen LogP contribution in [-0.2, 0) is 4.79 Å². The lowest BCUT2D eigenvalue weighted by atomic mass is 10.1. The lowest BCUT2D eigenvalue weighted by Crippen LogP contribution is -2.14. The Labute approximate surface area is 175 Å². The summed E-state index contributed by atoms with van der Waals surface area (Å²) < 4.78 is 5.59. The van der Waals surface area contributed by atoms with Crippen LogP contribution in [0.5, 0.6) is 0 Å². The molecule has 10 heteroatoms. The van der Waals surface area contributed by atoms with Crippen molar-refractivity contribution in [3.63, 3.8) is 0 Å². The molecule has 1 heterocycles. The number of nitro groups is 2. The number of carbonyl (C=O) groups excluding carboxylic acids is 1. The molecule has 0 fully saturated rings. The van der Waals surface area contributed by atoms with E-state index in [9.17, 15) is 30.3 Å². The summed E-state index contributed by atoms with van der Waals surface area (Å²) in [6.07, 6.45) is 1.21. The Morgan fingerprint density at radius 1 is 1.06 bits per heavy atom. The molecule has 10 nitrogen and oxygen atoms in total. The Morgan fingerprint density at radius 3 is 2.45 bits per heavy atom. The summed E-state index contributed by atoms with van der Waals surface area (Å²) in [5, 5.41) is 33.7. The molecule has 2 aromatic carbocycles. The number of non-ortho nitro benzene ring substituents is 2. The molecule has 0 unspecified atom stereocenters. The normalized spacial score (nSPS) is 10.9. The molecule has 0 saturated carbocycles. The van der Waals surface area contributed by atoms with E-state index in [4.69, 9.17) is 4.42 Å². The van der Waals surface area contributed by atoms with Crippen LogP contribution in [0.1, 0.15) is 11.3 Å². The quantitative estimate of drug-likeness (QED) is 0.265. The average Bonchev–Trinajstić information content (AvgIpc) is 3.22. The van der Waals surface area contributed by atoms with E-state index in [-0.39, 0.29) is 28.4 Å². The van der Waals surface area contributed by atoms with Crippen LogP contribution in [0.25, 0.3) is 17.4 Å². The van der Waals surface area contributed by atoms with Crippen molar-refractivity contribution in [2.45, 2.75) is 6.92 Å². The van der Waals surface area contributed by atoms with E-state index in [2.05, 4.69) is 5.32 Å². The number of nitro benzene ring substituents is 2. The zero-order chi connectivity index (χ0) is 22.5. The van der Waals surface area contributed by atoms with Gasteiger partial charge in [0.1, 0.15) is 23.2 Å². The summed E-state index contributed by atoms with van der Waals surface area (Å²) in [6.45, 7) is 1.66. The predicted octanol–water partition coefficient (Wildman–Crippen LogP) is 4.62. The number of aryl methyl sites for hydroxylation is 1. The SMILES string of the molecule is Cc1ccc([N+](=O)[O-])cc1NC(=O)/C(C#N)=C/c1ccc(-c2cccc([N+](=O)[O-])c2)o1. The highest BCUT2D eigenvalue weighted by Crippen LogP contribution is 2.27.